The normalized spacial score (nSPS) is 14.3. The standard InChI is InChI=1S/C19H20N4O2/c1-11(19(20)24)22-13-9-14-16-15(10-13)25-8-7-21-18(16)17(23-14)12-5-3-2-4-6-12/h2-6,9-11,21-23H,7-8H2,1H3,(H2,20,24)/t11-/m0/s1. The van der Waals surface area contributed by atoms with Crippen LogP contribution in [0.4, 0.5) is 11.4 Å². The van der Waals surface area contributed by atoms with Crippen molar-refractivity contribution in [3.63, 3.8) is 0 Å². The number of aromatic amines is 1. The number of aromatic nitrogens is 1. The van der Waals surface area contributed by atoms with Crippen LogP contribution in [0.25, 0.3) is 22.2 Å². The van der Waals surface area contributed by atoms with Crippen molar-refractivity contribution >= 4 is 28.2 Å². The number of nitrogens with two attached hydrogens (primary N) is 1. The molecule has 1 atom stereocenters. The van der Waals surface area contributed by atoms with Crippen LogP contribution in [0.15, 0.2) is 42.5 Å². The fraction of sp³-hybridized carbons (Fsp3) is 0.211. The molecule has 0 bridgehead atoms. The molecule has 3 aromatic rings. The largest absolute Gasteiger partial charge is 0.491 e. The van der Waals surface area contributed by atoms with E-state index in [9.17, 15) is 4.79 Å². The average Bonchev–Trinajstić information content (AvgIpc) is 2.83. The summed E-state index contributed by atoms with van der Waals surface area (Å²) < 4.78 is 5.91. The van der Waals surface area contributed by atoms with Gasteiger partial charge in [-0.1, -0.05) is 30.3 Å². The Morgan fingerprint density at radius 1 is 1.28 bits per heavy atom. The Morgan fingerprint density at radius 2 is 2.08 bits per heavy atom. The van der Waals surface area contributed by atoms with E-state index in [0.717, 1.165) is 45.8 Å². The number of carbonyl (C=O) groups excluding carboxylic acids is 1. The summed E-state index contributed by atoms with van der Waals surface area (Å²) in [6.07, 6.45) is 0. The Balaban J connectivity index is 1.87. The lowest BCUT2D eigenvalue weighted by Gasteiger charge is -2.13. The number of hydrogen-bond acceptors (Lipinski definition) is 4. The van der Waals surface area contributed by atoms with E-state index >= 15 is 0 Å². The van der Waals surface area contributed by atoms with Crippen molar-refractivity contribution in [3.8, 4) is 17.0 Å². The Kier molecular flexibility index (Phi) is 3.72. The van der Waals surface area contributed by atoms with Gasteiger partial charge >= 0.3 is 0 Å². The SMILES string of the molecule is C[C@H](Nc1cc2c3c(c(-c4ccccc4)[nH]c3c1)NCCO2)C(N)=O. The number of nitrogens with one attached hydrogen (secondary N) is 3. The van der Waals surface area contributed by atoms with Crippen LogP contribution in [-0.2, 0) is 4.79 Å². The zero-order valence-electron chi connectivity index (χ0n) is 13.9. The van der Waals surface area contributed by atoms with E-state index < -0.39 is 11.9 Å². The molecule has 0 saturated carbocycles. The highest BCUT2D eigenvalue weighted by Gasteiger charge is 2.21. The number of hydrogen-bond donors (Lipinski definition) is 4. The molecule has 2 aromatic carbocycles. The highest BCUT2D eigenvalue weighted by atomic mass is 16.5. The number of carbonyl (C=O) groups is 1. The second-order valence-corrected chi connectivity index (χ2v) is 6.18. The van der Waals surface area contributed by atoms with Gasteiger partial charge in [-0.2, -0.15) is 0 Å². The molecule has 5 N–H and O–H groups in total. The molecule has 4 rings (SSSR count). The summed E-state index contributed by atoms with van der Waals surface area (Å²) in [6.45, 7) is 3.04. The van der Waals surface area contributed by atoms with Gasteiger partial charge in [0.15, 0.2) is 0 Å². The number of ether oxygens (including phenoxy) is 1. The average molecular weight is 336 g/mol. The molecule has 1 aromatic heterocycles. The smallest absolute Gasteiger partial charge is 0.239 e. The van der Waals surface area contributed by atoms with Gasteiger partial charge in [-0.25, -0.2) is 0 Å². The Morgan fingerprint density at radius 3 is 2.84 bits per heavy atom. The van der Waals surface area contributed by atoms with Gasteiger partial charge in [0.2, 0.25) is 5.91 Å². The van der Waals surface area contributed by atoms with E-state index in [0.29, 0.717) is 6.61 Å². The molecule has 0 aliphatic carbocycles. The lowest BCUT2D eigenvalue weighted by atomic mass is 10.1. The van der Waals surface area contributed by atoms with Crippen LogP contribution in [0, 0.1) is 0 Å². The molecule has 0 radical (unpaired) electrons. The van der Waals surface area contributed by atoms with Gasteiger partial charge in [0.05, 0.1) is 22.3 Å². The van der Waals surface area contributed by atoms with Gasteiger partial charge in [-0.05, 0) is 13.0 Å². The number of rotatable bonds is 4. The summed E-state index contributed by atoms with van der Waals surface area (Å²) in [4.78, 5) is 14.8. The van der Waals surface area contributed by atoms with Crippen molar-refractivity contribution in [1.29, 1.82) is 0 Å². The molecule has 128 valence electrons. The third-order valence-electron chi connectivity index (χ3n) is 4.40. The molecule has 0 fully saturated rings. The van der Waals surface area contributed by atoms with Crippen molar-refractivity contribution in [2.45, 2.75) is 13.0 Å². The molecule has 25 heavy (non-hydrogen) atoms. The predicted molar refractivity (Wildman–Crippen MR) is 100.0 cm³/mol. The first kappa shape index (κ1) is 15.4. The molecule has 0 spiro atoms. The number of H-pyrrole nitrogens is 1. The third kappa shape index (κ3) is 2.76. The minimum atomic E-state index is -0.462. The molecule has 6 heteroatoms. The predicted octanol–water partition coefficient (Wildman–Crippen LogP) is 2.92. The summed E-state index contributed by atoms with van der Waals surface area (Å²) in [6, 6.07) is 13.6. The highest BCUT2D eigenvalue weighted by molar-refractivity contribution is 6.06. The second-order valence-electron chi connectivity index (χ2n) is 6.18. The van der Waals surface area contributed by atoms with Crippen molar-refractivity contribution in [2.75, 3.05) is 23.8 Å². The van der Waals surface area contributed by atoms with Crippen molar-refractivity contribution in [1.82, 2.24) is 4.98 Å². The molecular weight excluding hydrogens is 316 g/mol. The maximum Gasteiger partial charge on any atom is 0.239 e. The van der Waals surface area contributed by atoms with Crippen LogP contribution in [-0.4, -0.2) is 30.1 Å². The molecule has 0 saturated heterocycles. The summed E-state index contributed by atoms with van der Waals surface area (Å²) in [5.74, 6) is 0.390. The number of amides is 1. The highest BCUT2D eigenvalue weighted by Crippen LogP contribution is 2.42. The minimum Gasteiger partial charge on any atom is -0.491 e. The third-order valence-corrected chi connectivity index (χ3v) is 4.40. The number of benzene rings is 2. The summed E-state index contributed by atoms with van der Waals surface area (Å²) in [7, 11) is 0. The van der Waals surface area contributed by atoms with Gasteiger partial charge < -0.3 is 26.1 Å². The van der Waals surface area contributed by atoms with Crippen LogP contribution in [0.5, 0.6) is 5.75 Å². The summed E-state index contributed by atoms with van der Waals surface area (Å²) in [5.41, 5.74) is 10.3. The summed E-state index contributed by atoms with van der Waals surface area (Å²) in [5, 5.41) is 7.61. The molecule has 2 heterocycles. The topological polar surface area (TPSA) is 92.2 Å². The number of anilines is 2. The first-order valence-electron chi connectivity index (χ1n) is 8.31. The number of primary amides is 1. The molecule has 6 nitrogen and oxygen atoms in total. The van der Waals surface area contributed by atoms with Crippen molar-refractivity contribution < 1.29 is 9.53 Å². The van der Waals surface area contributed by atoms with E-state index in [1.165, 1.54) is 0 Å². The first-order valence-corrected chi connectivity index (χ1v) is 8.31. The van der Waals surface area contributed by atoms with E-state index in [-0.39, 0.29) is 0 Å². The lowest BCUT2D eigenvalue weighted by Crippen LogP contribution is -2.32. The quantitative estimate of drug-likeness (QED) is 0.589. The fourth-order valence-electron chi connectivity index (χ4n) is 3.15. The maximum absolute atomic E-state index is 11.3. The Labute approximate surface area is 145 Å². The minimum absolute atomic E-state index is 0.398. The van der Waals surface area contributed by atoms with Gasteiger partial charge in [-0.3, -0.25) is 4.79 Å². The van der Waals surface area contributed by atoms with Gasteiger partial charge in [0, 0.05) is 23.9 Å². The molecular formula is C19H20N4O2. The Bertz CT molecular complexity index is 933. The van der Waals surface area contributed by atoms with Crippen molar-refractivity contribution in [3.05, 3.63) is 42.5 Å². The van der Waals surface area contributed by atoms with Gasteiger partial charge in [0.1, 0.15) is 18.4 Å². The maximum atomic E-state index is 11.3. The molecule has 1 amide bonds. The van der Waals surface area contributed by atoms with Crippen molar-refractivity contribution in [2.24, 2.45) is 5.73 Å². The summed E-state index contributed by atoms with van der Waals surface area (Å²) >= 11 is 0. The first-order chi connectivity index (χ1) is 12.1. The lowest BCUT2D eigenvalue weighted by molar-refractivity contribution is -0.118. The molecule has 1 aliphatic rings. The zero-order valence-corrected chi connectivity index (χ0v) is 13.9. The van der Waals surface area contributed by atoms with E-state index in [1.54, 1.807) is 6.92 Å². The zero-order chi connectivity index (χ0) is 17.4. The molecule has 1 aliphatic heterocycles. The van der Waals surface area contributed by atoms with Gasteiger partial charge in [-0.15, -0.1) is 0 Å². The van der Waals surface area contributed by atoms with Crippen LogP contribution >= 0.6 is 0 Å². The van der Waals surface area contributed by atoms with E-state index in [1.807, 2.05) is 30.3 Å². The van der Waals surface area contributed by atoms with Crippen LogP contribution in [0.2, 0.25) is 0 Å². The molecule has 0 unspecified atom stereocenters. The van der Waals surface area contributed by atoms with E-state index in [2.05, 4.69) is 27.8 Å². The van der Waals surface area contributed by atoms with E-state index in [4.69, 9.17) is 10.5 Å². The second kappa shape index (κ2) is 6.05. The fourth-order valence-corrected chi connectivity index (χ4v) is 3.15. The van der Waals surface area contributed by atoms with Gasteiger partial charge in [0.25, 0.3) is 0 Å². The Hall–Kier alpha value is -3.15. The van der Waals surface area contributed by atoms with Crippen LogP contribution in [0.3, 0.4) is 0 Å². The monoisotopic (exact) mass is 336 g/mol. The van der Waals surface area contributed by atoms with Crippen LogP contribution in [0.1, 0.15) is 6.92 Å². The van der Waals surface area contributed by atoms with Crippen LogP contribution < -0.4 is 21.1 Å².